The van der Waals surface area contributed by atoms with Crippen molar-refractivity contribution in [3.63, 3.8) is 0 Å². The molecule has 1 saturated heterocycles. The third-order valence-electron chi connectivity index (χ3n) is 4.62. The quantitative estimate of drug-likeness (QED) is 0.715. The van der Waals surface area contributed by atoms with Crippen LogP contribution in [0.3, 0.4) is 0 Å². The van der Waals surface area contributed by atoms with Crippen molar-refractivity contribution in [1.82, 2.24) is 19.7 Å². The van der Waals surface area contributed by atoms with Gasteiger partial charge in [0.2, 0.25) is 5.89 Å². The summed E-state index contributed by atoms with van der Waals surface area (Å²) in [5.74, 6) is 2.37. The number of aromatic nitrogens is 3. The molecule has 6 heteroatoms. The number of oxazole rings is 1. The van der Waals surface area contributed by atoms with E-state index >= 15 is 0 Å². The van der Waals surface area contributed by atoms with Crippen molar-refractivity contribution in [2.45, 2.75) is 26.4 Å². The second-order valence-corrected chi connectivity index (χ2v) is 6.57. The number of rotatable bonds is 5. The zero-order valence-electron chi connectivity index (χ0n) is 14.8. The zero-order chi connectivity index (χ0) is 17.4. The molecule has 0 aliphatic carbocycles. The molecule has 130 valence electrons. The minimum absolute atomic E-state index is 0.449. The summed E-state index contributed by atoms with van der Waals surface area (Å²) in [5.41, 5.74) is 3.30. The van der Waals surface area contributed by atoms with Crippen LogP contribution in [0.25, 0.3) is 11.3 Å². The molecule has 0 atom stereocenters. The lowest BCUT2D eigenvalue weighted by atomic mass is 10.1. The van der Waals surface area contributed by atoms with Gasteiger partial charge in [-0.25, -0.2) is 4.98 Å². The number of benzene rings is 1. The molecular formula is C19H22N4O2. The van der Waals surface area contributed by atoms with Crippen LogP contribution >= 0.6 is 0 Å². The highest BCUT2D eigenvalue weighted by Crippen LogP contribution is 2.27. The molecule has 0 N–H and O–H groups in total. The number of hydrogen-bond donors (Lipinski definition) is 0. The second-order valence-electron chi connectivity index (χ2n) is 6.57. The number of ether oxygens (including phenoxy) is 1. The molecule has 1 aromatic carbocycles. The first kappa shape index (κ1) is 15.9. The maximum absolute atomic E-state index is 5.90. The Kier molecular flexibility index (Phi) is 4.05. The van der Waals surface area contributed by atoms with Gasteiger partial charge in [0.1, 0.15) is 5.75 Å². The van der Waals surface area contributed by atoms with Gasteiger partial charge in [-0.3, -0.25) is 9.58 Å². The summed E-state index contributed by atoms with van der Waals surface area (Å²) in [5, 5.41) is 4.57. The summed E-state index contributed by atoms with van der Waals surface area (Å²) in [6.07, 6.45) is 1.79. The van der Waals surface area contributed by atoms with Crippen molar-refractivity contribution in [3.8, 4) is 17.1 Å². The summed E-state index contributed by atoms with van der Waals surface area (Å²) >= 11 is 0. The Morgan fingerprint density at radius 2 is 1.96 bits per heavy atom. The monoisotopic (exact) mass is 338 g/mol. The average molecular weight is 338 g/mol. The molecule has 1 fully saturated rings. The molecule has 0 bridgehead atoms. The average Bonchev–Trinajstić information content (AvgIpc) is 3.17. The van der Waals surface area contributed by atoms with Gasteiger partial charge in [-0.2, -0.15) is 5.10 Å². The molecule has 1 aliphatic heterocycles. The molecule has 2 aromatic heterocycles. The van der Waals surface area contributed by atoms with E-state index in [0.717, 1.165) is 48.3 Å². The van der Waals surface area contributed by atoms with Crippen molar-refractivity contribution < 1.29 is 9.15 Å². The van der Waals surface area contributed by atoms with Crippen LogP contribution in [0.2, 0.25) is 0 Å². The highest BCUT2D eigenvalue weighted by atomic mass is 16.5. The van der Waals surface area contributed by atoms with Gasteiger partial charge in [-0.15, -0.1) is 0 Å². The van der Waals surface area contributed by atoms with Crippen LogP contribution in [0.4, 0.5) is 0 Å². The largest absolute Gasteiger partial charge is 0.497 e. The number of methoxy groups -OCH3 is 1. The summed E-state index contributed by atoms with van der Waals surface area (Å²) in [6.45, 7) is 6.82. The van der Waals surface area contributed by atoms with Gasteiger partial charge < -0.3 is 9.15 Å². The lowest BCUT2D eigenvalue weighted by Crippen LogP contribution is -2.47. The van der Waals surface area contributed by atoms with E-state index in [9.17, 15) is 0 Å². The smallest absolute Gasteiger partial charge is 0.209 e. The van der Waals surface area contributed by atoms with Crippen LogP contribution in [-0.4, -0.2) is 39.9 Å². The maximum atomic E-state index is 5.90. The Morgan fingerprint density at radius 3 is 2.60 bits per heavy atom. The van der Waals surface area contributed by atoms with Gasteiger partial charge in [-0.05, 0) is 44.2 Å². The molecule has 0 spiro atoms. The SMILES string of the molecule is COc1ccc(-c2cnc(CN3CC(n4nc(C)cc4C)C3)o2)cc1. The molecule has 1 aliphatic rings. The lowest BCUT2D eigenvalue weighted by molar-refractivity contribution is 0.0803. The van der Waals surface area contributed by atoms with Gasteiger partial charge in [0.15, 0.2) is 5.76 Å². The Labute approximate surface area is 147 Å². The highest BCUT2D eigenvalue weighted by molar-refractivity contribution is 5.57. The van der Waals surface area contributed by atoms with E-state index in [0.29, 0.717) is 6.04 Å². The van der Waals surface area contributed by atoms with E-state index in [4.69, 9.17) is 9.15 Å². The zero-order valence-corrected chi connectivity index (χ0v) is 14.8. The van der Waals surface area contributed by atoms with Crippen molar-refractivity contribution >= 4 is 0 Å². The van der Waals surface area contributed by atoms with Crippen molar-refractivity contribution in [1.29, 1.82) is 0 Å². The normalized spacial score (nSPS) is 15.3. The molecule has 3 heterocycles. The van der Waals surface area contributed by atoms with Crippen LogP contribution in [-0.2, 0) is 6.54 Å². The van der Waals surface area contributed by atoms with Gasteiger partial charge in [0.25, 0.3) is 0 Å². The van der Waals surface area contributed by atoms with Gasteiger partial charge in [0, 0.05) is 24.3 Å². The molecule has 0 saturated carbocycles. The third kappa shape index (κ3) is 3.17. The number of nitrogens with zero attached hydrogens (tertiary/aromatic N) is 4. The van der Waals surface area contributed by atoms with Crippen molar-refractivity contribution in [2.24, 2.45) is 0 Å². The molecule has 3 aromatic rings. The van der Waals surface area contributed by atoms with E-state index in [2.05, 4.69) is 32.7 Å². The second kappa shape index (κ2) is 6.37. The summed E-state index contributed by atoms with van der Waals surface area (Å²) in [6, 6.07) is 10.4. The number of likely N-dealkylation sites (tertiary alicyclic amines) is 1. The minimum atomic E-state index is 0.449. The Bertz CT molecular complexity index is 860. The number of aryl methyl sites for hydroxylation is 2. The standard InChI is InChI=1S/C19H22N4O2/c1-13-8-14(2)23(21-13)16-10-22(11-16)12-19-20-9-18(25-19)15-4-6-17(24-3)7-5-15/h4-9,16H,10-12H2,1-3H3. The molecule has 6 nitrogen and oxygen atoms in total. The first-order valence-electron chi connectivity index (χ1n) is 8.46. The minimum Gasteiger partial charge on any atom is -0.497 e. The van der Waals surface area contributed by atoms with E-state index in [1.165, 1.54) is 5.69 Å². The fourth-order valence-corrected chi connectivity index (χ4v) is 3.31. The van der Waals surface area contributed by atoms with Crippen LogP contribution in [0.5, 0.6) is 5.75 Å². The number of hydrogen-bond acceptors (Lipinski definition) is 5. The summed E-state index contributed by atoms with van der Waals surface area (Å²) in [4.78, 5) is 6.74. The maximum Gasteiger partial charge on any atom is 0.209 e. The van der Waals surface area contributed by atoms with Crippen LogP contribution < -0.4 is 4.74 Å². The Balaban J connectivity index is 1.37. The van der Waals surface area contributed by atoms with Crippen LogP contribution in [0.1, 0.15) is 23.3 Å². The van der Waals surface area contributed by atoms with Crippen molar-refractivity contribution in [3.05, 3.63) is 53.8 Å². The fourth-order valence-electron chi connectivity index (χ4n) is 3.31. The molecule has 25 heavy (non-hydrogen) atoms. The van der Waals surface area contributed by atoms with Crippen molar-refractivity contribution in [2.75, 3.05) is 20.2 Å². The predicted octanol–water partition coefficient (Wildman–Crippen LogP) is 3.22. The molecule has 0 radical (unpaired) electrons. The third-order valence-corrected chi connectivity index (χ3v) is 4.62. The van der Waals surface area contributed by atoms with Gasteiger partial charge in [-0.1, -0.05) is 0 Å². The highest BCUT2D eigenvalue weighted by Gasteiger charge is 2.30. The molecular weight excluding hydrogens is 316 g/mol. The predicted molar refractivity (Wildman–Crippen MR) is 94.5 cm³/mol. The molecule has 4 rings (SSSR count). The fraction of sp³-hybridized carbons (Fsp3) is 0.368. The first-order chi connectivity index (χ1) is 12.1. The first-order valence-corrected chi connectivity index (χ1v) is 8.46. The van der Waals surface area contributed by atoms with Gasteiger partial charge in [0.05, 0.1) is 31.6 Å². The Morgan fingerprint density at radius 1 is 1.20 bits per heavy atom. The van der Waals surface area contributed by atoms with E-state index in [1.807, 2.05) is 31.2 Å². The lowest BCUT2D eigenvalue weighted by Gasteiger charge is -2.38. The van der Waals surface area contributed by atoms with E-state index < -0.39 is 0 Å². The van der Waals surface area contributed by atoms with Crippen LogP contribution in [0.15, 0.2) is 40.9 Å². The summed E-state index contributed by atoms with van der Waals surface area (Å²) in [7, 11) is 1.66. The van der Waals surface area contributed by atoms with Gasteiger partial charge >= 0.3 is 0 Å². The summed E-state index contributed by atoms with van der Waals surface area (Å²) < 4.78 is 13.2. The van der Waals surface area contributed by atoms with Crippen LogP contribution in [0, 0.1) is 13.8 Å². The Hall–Kier alpha value is -2.60. The topological polar surface area (TPSA) is 56.3 Å². The van der Waals surface area contributed by atoms with E-state index in [1.54, 1.807) is 13.3 Å². The molecule has 0 unspecified atom stereocenters. The van der Waals surface area contributed by atoms with E-state index in [-0.39, 0.29) is 0 Å². The molecule has 0 amide bonds.